The quantitative estimate of drug-likeness (QED) is 0.769. The first-order chi connectivity index (χ1) is 10.2. The summed E-state index contributed by atoms with van der Waals surface area (Å²) in [5.41, 5.74) is 2.90. The molecule has 2 aromatic heterocycles. The van der Waals surface area contributed by atoms with Gasteiger partial charge in [-0.05, 0) is 23.8 Å². The predicted molar refractivity (Wildman–Crippen MR) is 88.4 cm³/mol. The number of aromatic nitrogens is 2. The molecule has 0 aliphatic rings. The largest absolute Gasteiger partial charge is 0.372 e. The number of nitrogens with one attached hydrogen (secondary N) is 1. The van der Waals surface area contributed by atoms with Gasteiger partial charge in [-0.1, -0.05) is 41.4 Å². The van der Waals surface area contributed by atoms with Gasteiger partial charge in [0.2, 0.25) is 0 Å². The Morgan fingerprint density at radius 1 is 1.10 bits per heavy atom. The van der Waals surface area contributed by atoms with E-state index in [4.69, 9.17) is 23.2 Å². The minimum Gasteiger partial charge on any atom is -0.372 e. The Morgan fingerprint density at radius 3 is 2.71 bits per heavy atom. The van der Waals surface area contributed by atoms with Crippen LogP contribution < -0.4 is 5.32 Å². The first kappa shape index (κ1) is 14.1. The van der Waals surface area contributed by atoms with E-state index in [-0.39, 0.29) is 0 Å². The number of halogens is 2. The van der Waals surface area contributed by atoms with Crippen LogP contribution in [0.1, 0.15) is 11.3 Å². The molecule has 0 saturated carbocycles. The molecule has 0 bridgehead atoms. The molecule has 3 nitrogen and oxygen atoms in total. The van der Waals surface area contributed by atoms with Crippen molar-refractivity contribution in [1.82, 2.24) is 9.97 Å². The fourth-order valence-electron chi connectivity index (χ4n) is 2.29. The highest BCUT2D eigenvalue weighted by Crippen LogP contribution is 2.28. The molecule has 2 heterocycles. The fraction of sp³-hybridized carbons (Fsp3) is 0.125. The van der Waals surface area contributed by atoms with Crippen LogP contribution >= 0.6 is 23.2 Å². The van der Waals surface area contributed by atoms with Crippen LogP contribution in [-0.4, -0.2) is 17.0 Å². The molecule has 1 N–H and O–H groups in total. The first-order valence-corrected chi connectivity index (χ1v) is 7.30. The maximum absolute atomic E-state index is 6.27. The van der Waals surface area contributed by atoms with Crippen molar-refractivity contribution >= 4 is 39.9 Å². The standard InChI is InChI=1S/C16H13Cl2N3/c1-19-16-13(18)9-12(17)15(21-16)8-10-6-7-20-14-5-3-2-4-11(10)14/h2-7,9H,8H2,1H3,(H,19,21). The lowest BCUT2D eigenvalue weighted by molar-refractivity contribution is 1.08. The van der Waals surface area contributed by atoms with Gasteiger partial charge < -0.3 is 5.32 Å². The summed E-state index contributed by atoms with van der Waals surface area (Å²) in [6.45, 7) is 0. The number of hydrogen-bond acceptors (Lipinski definition) is 3. The summed E-state index contributed by atoms with van der Waals surface area (Å²) < 4.78 is 0. The Kier molecular flexibility index (Phi) is 3.95. The van der Waals surface area contributed by atoms with Gasteiger partial charge in [0.1, 0.15) is 5.82 Å². The topological polar surface area (TPSA) is 37.8 Å². The van der Waals surface area contributed by atoms with Crippen molar-refractivity contribution in [2.75, 3.05) is 12.4 Å². The van der Waals surface area contributed by atoms with Crippen LogP contribution in [0.3, 0.4) is 0 Å². The Hall–Kier alpha value is -1.84. The number of rotatable bonds is 3. The molecule has 0 saturated heterocycles. The van der Waals surface area contributed by atoms with Crippen LogP contribution in [0.25, 0.3) is 10.9 Å². The number of anilines is 1. The van der Waals surface area contributed by atoms with Crippen LogP contribution in [0.4, 0.5) is 5.82 Å². The third-order valence-corrected chi connectivity index (χ3v) is 3.95. The highest BCUT2D eigenvalue weighted by Gasteiger charge is 2.11. The maximum Gasteiger partial charge on any atom is 0.144 e. The molecule has 0 amide bonds. The molecule has 0 radical (unpaired) electrons. The van der Waals surface area contributed by atoms with Gasteiger partial charge in [-0.3, -0.25) is 4.98 Å². The summed E-state index contributed by atoms with van der Waals surface area (Å²) in [6.07, 6.45) is 2.44. The molecule has 21 heavy (non-hydrogen) atoms. The summed E-state index contributed by atoms with van der Waals surface area (Å²) in [7, 11) is 1.79. The third kappa shape index (κ3) is 2.80. The maximum atomic E-state index is 6.27. The van der Waals surface area contributed by atoms with Crippen molar-refractivity contribution in [3.05, 3.63) is 63.9 Å². The number of nitrogens with zero attached hydrogens (tertiary/aromatic N) is 2. The number of benzene rings is 1. The molecule has 3 aromatic rings. The van der Waals surface area contributed by atoms with Crippen molar-refractivity contribution in [3.8, 4) is 0 Å². The number of pyridine rings is 2. The normalized spacial score (nSPS) is 10.8. The van der Waals surface area contributed by atoms with E-state index < -0.39 is 0 Å². The van der Waals surface area contributed by atoms with E-state index in [1.54, 1.807) is 19.3 Å². The molecular weight excluding hydrogens is 305 g/mol. The third-order valence-electron chi connectivity index (χ3n) is 3.34. The van der Waals surface area contributed by atoms with Gasteiger partial charge in [0.25, 0.3) is 0 Å². The molecule has 1 aromatic carbocycles. The SMILES string of the molecule is CNc1nc(Cc2ccnc3ccccc23)c(Cl)cc1Cl. The van der Waals surface area contributed by atoms with E-state index in [1.165, 1.54) is 0 Å². The lowest BCUT2D eigenvalue weighted by Crippen LogP contribution is -2.00. The average molecular weight is 318 g/mol. The lowest BCUT2D eigenvalue weighted by atomic mass is 10.0. The summed E-state index contributed by atoms with van der Waals surface area (Å²) in [4.78, 5) is 8.86. The van der Waals surface area contributed by atoms with Crippen LogP contribution in [0.2, 0.25) is 10.0 Å². The van der Waals surface area contributed by atoms with Gasteiger partial charge in [-0.15, -0.1) is 0 Å². The van der Waals surface area contributed by atoms with E-state index in [0.29, 0.717) is 22.3 Å². The lowest BCUT2D eigenvalue weighted by Gasteiger charge is -2.10. The van der Waals surface area contributed by atoms with E-state index in [0.717, 1.165) is 22.2 Å². The molecule has 0 unspecified atom stereocenters. The molecule has 0 fully saturated rings. The number of hydrogen-bond donors (Lipinski definition) is 1. The molecular formula is C16H13Cl2N3. The second-order valence-electron chi connectivity index (χ2n) is 4.66. The second kappa shape index (κ2) is 5.88. The van der Waals surface area contributed by atoms with Crippen LogP contribution in [0, 0.1) is 0 Å². The van der Waals surface area contributed by atoms with E-state index >= 15 is 0 Å². The Morgan fingerprint density at radius 2 is 1.90 bits per heavy atom. The minimum atomic E-state index is 0.519. The Balaban J connectivity index is 2.07. The molecule has 3 rings (SSSR count). The van der Waals surface area contributed by atoms with Gasteiger partial charge in [0.05, 0.1) is 21.3 Å². The zero-order chi connectivity index (χ0) is 14.8. The zero-order valence-electron chi connectivity index (χ0n) is 11.4. The zero-order valence-corrected chi connectivity index (χ0v) is 12.9. The Labute approximate surface area is 132 Å². The molecule has 0 atom stereocenters. The van der Waals surface area contributed by atoms with Gasteiger partial charge in [0.15, 0.2) is 0 Å². The molecule has 5 heteroatoms. The number of fused-ring (bicyclic) bond motifs is 1. The van der Waals surface area contributed by atoms with Crippen molar-refractivity contribution in [1.29, 1.82) is 0 Å². The summed E-state index contributed by atoms with van der Waals surface area (Å²) in [6, 6.07) is 11.7. The molecule has 0 aliphatic heterocycles. The smallest absolute Gasteiger partial charge is 0.144 e. The van der Waals surface area contributed by atoms with Gasteiger partial charge in [-0.2, -0.15) is 0 Å². The van der Waals surface area contributed by atoms with Crippen molar-refractivity contribution in [3.63, 3.8) is 0 Å². The molecule has 0 spiro atoms. The van der Waals surface area contributed by atoms with E-state index in [1.807, 2.05) is 24.3 Å². The first-order valence-electron chi connectivity index (χ1n) is 6.54. The van der Waals surface area contributed by atoms with Gasteiger partial charge in [-0.25, -0.2) is 4.98 Å². The van der Waals surface area contributed by atoms with Crippen LogP contribution in [0.5, 0.6) is 0 Å². The summed E-state index contributed by atoms with van der Waals surface area (Å²) in [5, 5.41) is 5.17. The monoisotopic (exact) mass is 317 g/mol. The van der Waals surface area contributed by atoms with Gasteiger partial charge in [0, 0.05) is 25.1 Å². The summed E-state index contributed by atoms with van der Waals surface area (Å²) in [5.74, 6) is 0.634. The van der Waals surface area contributed by atoms with Crippen LogP contribution in [0.15, 0.2) is 42.6 Å². The van der Waals surface area contributed by atoms with Crippen molar-refractivity contribution in [2.45, 2.75) is 6.42 Å². The van der Waals surface area contributed by atoms with Gasteiger partial charge >= 0.3 is 0 Å². The summed E-state index contributed by atoms with van der Waals surface area (Å²) >= 11 is 12.3. The predicted octanol–water partition coefficient (Wildman–Crippen LogP) is 4.57. The van der Waals surface area contributed by atoms with E-state index in [9.17, 15) is 0 Å². The van der Waals surface area contributed by atoms with Crippen molar-refractivity contribution in [2.24, 2.45) is 0 Å². The second-order valence-corrected chi connectivity index (χ2v) is 5.48. The fourth-order valence-corrected chi connectivity index (χ4v) is 2.81. The molecule has 106 valence electrons. The average Bonchev–Trinajstić information content (AvgIpc) is 2.50. The highest BCUT2D eigenvalue weighted by atomic mass is 35.5. The van der Waals surface area contributed by atoms with E-state index in [2.05, 4.69) is 21.4 Å². The molecule has 0 aliphatic carbocycles. The Bertz CT molecular complexity index is 797. The highest BCUT2D eigenvalue weighted by molar-refractivity contribution is 6.36. The number of para-hydroxylation sites is 1. The van der Waals surface area contributed by atoms with Crippen LogP contribution in [-0.2, 0) is 6.42 Å². The van der Waals surface area contributed by atoms with Crippen molar-refractivity contribution < 1.29 is 0 Å². The minimum absolute atomic E-state index is 0.519.